The lowest BCUT2D eigenvalue weighted by atomic mass is 10.1. The quantitative estimate of drug-likeness (QED) is 0.836. The fraction of sp³-hybridized carbons (Fsp3) is 0.333. The Kier molecular flexibility index (Phi) is 4.55. The Bertz CT molecular complexity index is 792. The van der Waals surface area contributed by atoms with Gasteiger partial charge in [0, 0.05) is 11.6 Å². The Balaban J connectivity index is 1.54. The summed E-state index contributed by atoms with van der Waals surface area (Å²) in [6.07, 6.45) is 0.193. The van der Waals surface area contributed by atoms with Crippen molar-refractivity contribution in [2.24, 2.45) is 0 Å². The van der Waals surface area contributed by atoms with Crippen LogP contribution >= 0.6 is 0 Å². The fourth-order valence-corrected chi connectivity index (χ4v) is 2.68. The molecule has 0 spiro atoms. The first-order valence-electron chi connectivity index (χ1n) is 7.73. The Morgan fingerprint density at radius 2 is 2.04 bits per heavy atom. The van der Waals surface area contributed by atoms with Crippen molar-refractivity contribution in [1.29, 1.82) is 0 Å². The van der Waals surface area contributed by atoms with Gasteiger partial charge in [-0.1, -0.05) is 18.2 Å². The highest BCUT2D eigenvalue weighted by Gasteiger charge is 2.32. The standard InChI is InChI=1S/C18H19NO5/c1-12-7-14(9-18(21)23-12)24-15-10-19(11-15)17(20)8-13-5-3-4-6-16(13)22-2/h3-7,9,15H,8,10-11H2,1-2H3. The maximum atomic E-state index is 12.3. The molecule has 6 heteroatoms. The summed E-state index contributed by atoms with van der Waals surface area (Å²) in [5.74, 6) is 1.72. The van der Waals surface area contributed by atoms with Crippen molar-refractivity contribution < 1.29 is 18.7 Å². The first-order valence-corrected chi connectivity index (χ1v) is 7.73. The normalized spacial score (nSPS) is 14.2. The molecule has 0 aliphatic carbocycles. The van der Waals surface area contributed by atoms with Crippen LogP contribution in [0.5, 0.6) is 11.5 Å². The van der Waals surface area contributed by atoms with E-state index in [1.54, 1.807) is 25.0 Å². The second-order valence-electron chi connectivity index (χ2n) is 5.75. The van der Waals surface area contributed by atoms with Crippen LogP contribution in [0.2, 0.25) is 0 Å². The predicted octanol–water partition coefficient (Wildman–Crippen LogP) is 1.79. The van der Waals surface area contributed by atoms with E-state index in [9.17, 15) is 9.59 Å². The predicted molar refractivity (Wildman–Crippen MR) is 87.4 cm³/mol. The average molecular weight is 329 g/mol. The molecule has 24 heavy (non-hydrogen) atoms. The van der Waals surface area contributed by atoms with Gasteiger partial charge >= 0.3 is 5.63 Å². The number of hydrogen-bond donors (Lipinski definition) is 0. The van der Waals surface area contributed by atoms with Crippen molar-refractivity contribution in [3.63, 3.8) is 0 Å². The molecule has 1 aromatic heterocycles. The summed E-state index contributed by atoms with van der Waals surface area (Å²) in [5, 5.41) is 0. The zero-order chi connectivity index (χ0) is 17.1. The van der Waals surface area contributed by atoms with Gasteiger partial charge in [0.25, 0.3) is 0 Å². The molecule has 0 atom stereocenters. The molecule has 1 aliphatic heterocycles. The lowest BCUT2D eigenvalue weighted by Gasteiger charge is -2.39. The fourth-order valence-electron chi connectivity index (χ4n) is 2.68. The summed E-state index contributed by atoms with van der Waals surface area (Å²) in [5.41, 5.74) is 0.430. The zero-order valence-electron chi connectivity index (χ0n) is 13.7. The van der Waals surface area contributed by atoms with Crippen LogP contribution in [0.3, 0.4) is 0 Å². The molecular formula is C18H19NO5. The summed E-state index contributed by atoms with van der Waals surface area (Å²) in [7, 11) is 1.59. The molecule has 0 bridgehead atoms. The molecule has 1 aliphatic rings. The molecule has 6 nitrogen and oxygen atoms in total. The van der Waals surface area contributed by atoms with Crippen LogP contribution in [-0.4, -0.2) is 37.1 Å². The first-order chi connectivity index (χ1) is 11.5. The van der Waals surface area contributed by atoms with Crippen LogP contribution in [0.25, 0.3) is 0 Å². The molecule has 0 radical (unpaired) electrons. The van der Waals surface area contributed by atoms with E-state index in [-0.39, 0.29) is 12.0 Å². The van der Waals surface area contributed by atoms with Crippen molar-refractivity contribution >= 4 is 5.91 Å². The highest BCUT2D eigenvalue weighted by atomic mass is 16.5. The summed E-state index contributed by atoms with van der Waals surface area (Å²) in [4.78, 5) is 25.4. The van der Waals surface area contributed by atoms with Gasteiger partial charge in [0.05, 0.1) is 32.7 Å². The second-order valence-corrected chi connectivity index (χ2v) is 5.75. The number of rotatable bonds is 5. The number of amides is 1. The largest absolute Gasteiger partial charge is 0.496 e. The van der Waals surface area contributed by atoms with Gasteiger partial charge in [-0.15, -0.1) is 0 Å². The van der Waals surface area contributed by atoms with Gasteiger partial charge in [-0.05, 0) is 13.0 Å². The van der Waals surface area contributed by atoms with Crippen molar-refractivity contribution in [2.75, 3.05) is 20.2 Å². The Labute approximate surface area is 139 Å². The van der Waals surface area contributed by atoms with Gasteiger partial charge in [-0.2, -0.15) is 0 Å². The number of methoxy groups -OCH3 is 1. The minimum absolute atomic E-state index is 0.0307. The molecule has 2 aromatic rings. The number of para-hydroxylation sites is 1. The van der Waals surface area contributed by atoms with Crippen LogP contribution in [0.15, 0.2) is 45.6 Å². The van der Waals surface area contributed by atoms with E-state index in [1.807, 2.05) is 24.3 Å². The van der Waals surface area contributed by atoms with Gasteiger partial charge in [-0.3, -0.25) is 4.79 Å². The van der Waals surface area contributed by atoms with Crippen LogP contribution < -0.4 is 15.1 Å². The van der Waals surface area contributed by atoms with Crippen LogP contribution in [0.1, 0.15) is 11.3 Å². The van der Waals surface area contributed by atoms with Crippen molar-refractivity contribution in [2.45, 2.75) is 19.4 Å². The Morgan fingerprint density at radius 3 is 2.75 bits per heavy atom. The van der Waals surface area contributed by atoms with Gasteiger partial charge in [-0.25, -0.2) is 4.79 Å². The molecule has 2 heterocycles. The van der Waals surface area contributed by atoms with Crippen molar-refractivity contribution in [3.8, 4) is 11.5 Å². The van der Waals surface area contributed by atoms with Crippen LogP contribution in [-0.2, 0) is 11.2 Å². The van der Waals surface area contributed by atoms with E-state index in [2.05, 4.69) is 0 Å². The Morgan fingerprint density at radius 1 is 1.29 bits per heavy atom. The SMILES string of the molecule is COc1ccccc1CC(=O)N1CC(Oc2cc(C)oc(=O)c2)C1. The van der Waals surface area contributed by atoms with E-state index >= 15 is 0 Å². The van der Waals surface area contributed by atoms with E-state index in [1.165, 1.54) is 6.07 Å². The second kappa shape index (κ2) is 6.78. The molecule has 126 valence electrons. The van der Waals surface area contributed by atoms with E-state index in [0.717, 1.165) is 5.56 Å². The van der Waals surface area contributed by atoms with E-state index in [0.29, 0.717) is 36.8 Å². The number of carbonyl (C=O) groups excluding carboxylic acids is 1. The molecular weight excluding hydrogens is 310 g/mol. The molecule has 1 aromatic carbocycles. The summed E-state index contributed by atoms with van der Waals surface area (Å²) in [6.45, 7) is 2.71. The number of likely N-dealkylation sites (tertiary alicyclic amines) is 1. The smallest absolute Gasteiger partial charge is 0.339 e. The van der Waals surface area contributed by atoms with Gasteiger partial charge in [0.15, 0.2) is 0 Å². The highest BCUT2D eigenvalue weighted by molar-refractivity contribution is 5.80. The number of ether oxygens (including phenoxy) is 2. The van der Waals surface area contributed by atoms with Gasteiger partial charge in [0.1, 0.15) is 23.4 Å². The third-order valence-corrected chi connectivity index (χ3v) is 3.90. The molecule has 1 fully saturated rings. The Hall–Kier alpha value is -2.76. The summed E-state index contributed by atoms with van der Waals surface area (Å²) < 4.78 is 15.9. The number of benzene rings is 1. The summed E-state index contributed by atoms with van der Waals surface area (Å²) in [6, 6.07) is 10.5. The third kappa shape index (κ3) is 3.59. The molecule has 1 saturated heterocycles. The van der Waals surface area contributed by atoms with Gasteiger partial charge < -0.3 is 18.8 Å². The number of nitrogens with zero attached hydrogens (tertiary/aromatic N) is 1. The maximum absolute atomic E-state index is 12.3. The lowest BCUT2D eigenvalue weighted by molar-refractivity contribution is -0.139. The lowest BCUT2D eigenvalue weighted by Crippen LogP contribution is -2.56. The first kappa shape index (κ1) is 16.1. The molecule has 0 saturated carbocycles. The molecule has 0 N–H and O–H groups in total. The van der Waals surface area contributed by atoms with Gasteiger partial charge in [0.2, 0.25) is 5.91 Å². The monoisotopic (exact) mass is 329 g/mol. The van der Waals surface area contributed by atoms with E-state index in [4.69, 9.17) is 13.9 Å². The number of carbonyl (C=O) groups is 1. The van der Waals surface area contributed by atoms with Crippen molar-refractivity contribution in [1.82, 2.24) is 4.90 Å². The molecule has 3 rings (SSSR count). The van der Waals surface area contributed by atoms with Crippen molar-refractivity contribution in [3.05, 3.63) is 58.1 Å². The minimum atomic E-state index is -0.437. The summed E-state index contributed by atoms with van der Waals surface area (Å²) >= 11 is 0. The topological polar surface area (TPSA) is 69.0 Å². The van der Waals surface area contributed by atoms with E-state index < -0.39 is 5.63 Å². The molecule has 0 unspecified atom stereocenters. The number of hydrogen-bond acceptors (Lipinski definition) is 5. The maximum Gasteiger partial charge on any atom is 0.339 e. The third-order valence-electron chi connectivity index (χ3n) is 3.90. The zero-order valence-corrected chi connectivity index (χ0v) is 13.7. The molecule has 1 amide bonds. The van der Waals surface area contributed by atoms with Crippen LogP contribution in [0, 0.1) is 6.92 Å². The average Bonchev–Trinajstić information content (AvgIpc) is 2.50. The minimum Gasteiger partial charge on any atom is -0.496 e. The highest BCUT2D eigenvalue weighted by Crippen LogP contribution is 2.22. The number of aryl methyl sites for hydroxylation is 1. The van der Waals surface area contributed by atoms with Crippen LogP contribution in [0.4, 0.5) is 0 Å².